The van der Waals surface area contributed by atoms with Crippen molar-refractivity contribution in [2.45, 2.75) is 13.5 Å². The van der Waals surface area contributed by atoms with Gasteiger partial charge in [0.05, 0.1) is 0 Å². The maximum Gasteiger partial charge on any atom is 0.276 e. The first-order chi connectivity index (χ1) is 15.9. The van der Waals surface area contributed by atoms with Crippen LogP contribution in [0.1, 0.15) is 21.7 Å². The number of nitrogens with one attached hydrogen (secondary N) is 1. The molecule has 0 aliphatic heterocycles. The van der Waals surface area contributed by atoms with Crippen molar-refractivity contribution in [2.75, 3.05) is 0 Å². The van der Waals surface area contributed by atoms with Crippen LogP contribution in [-0.2, 0) is 6.54 Å². The van der Waals surface area contributed by atoms with Crippen LogP contribution < -0.4 is 15.5 Å². The summed E-state index contributed by atoms with van der Waals surface area (Å²) in [4.78, 5) is 29.1. The van der Waals surface area contributed by atoms with E-state index in [2.05, 4.69) is 15.4 Å². The molecule has 0 fully saturated rings. The molecule has 0 atom stereocenters. The lowest BCUT2D eigenvalue weighted by atomic mass is 10.2. The number of nitrogens with zero attached hydrogens (tertiary/aromatic N) is 3. The number of aryl methyl sites for hydroxylation is 1. The van der Waals surface area contributed by atoms with Crippen molar-refractivity contribution >= 4 is 5.91 Å². The summed E-state index contributed by atoms with van der Waals surface area (Å²) in [5.74, 6) is -0.870. The van der Waals surface area contributed by atoms with Crippen molar-refractivity contribution in [3.63, 3.8) is 0 Å². The number of hydrogen-bond acceptors (Lipinski definition) is 5. The van der Waals surface area contributed by atoms with Crippen LogP contribution in [0.5, 0.6) is 11.6 Å². The highest BCUT2D eigenvalue weighted by molar-refractivity contribution is 5.92. The monoisotopic (exact) mass is 448 g/mol. The smallest absolute Gasteiger partial charge is 0.276 e. The molecule has 4 aromatic rings. The van der Waals surface area contributed by atoms with Gasteiger partial charge in [-0.15, -0.1) is 0 Å². The van der Waals surface area contributed by atoms with Gasteiger partial charge in [-0.05, 0) is 48.9 Å². The third kappa shape index (κ3) is 5.09. The van der Waals surface area contributed by atoms with Crippen LogP contribution in [0.15, 0.2) is 77.7 Å². The molecule has 0 spiro atoms. The summed E-state index contributed by atoms with van der Waals surface area (Å²) in [6.45, 7) is 1.68. The molecule has 2 aromatic heterocycles. The van der Waals surface area contributed by atoms with Gasteiger partial charge in [-0.2, -0.15) is 5.10 Å². The van der Waals surface area contributed by atoms with Gasteiger partial charge in [0.25, 0.3) is 5.91 Å². The Bertz CT molecular complexity index is 1350. The Kier molecular flexibility index (Phi) is 6.21. The van der Waals surface area contributed by atoms with Gasteiger partial charge in [-0.25, -0.2) is 18.4 Å². The predicted octanol–water partition coefficient (Wildman–Crippen LogP) is 3.94. The molecule has 9 heteroatoms. The second-order valence-corrected chi connectivity index (χ2v) is 7.11. The molecule has 1 amide bonds. The Morgan fingerprint density at radius 1 is 1.06 bits per heavy atom. The number of carbonyl (C=O) groups excluding carboxylic acids is 1. The van der Waals surface area contributed by atoms with Crippen molar-refractivity contribution in [1.82, 2.24) is 20.1 Å². The minimum Gasteiger partial charge on any atom is -0.439 e. The summed E-state index contributed by atoms with van der Waals surface area (Å²) in [5, 5.41) is 6.69. The van der Waals surface area contributed by atoms with E-state index in [1.165, 1.54) is 59.4 Å². The number of ether oxygens (including phenoxy) is 1. The number of carbonyl (C=O) groups is 1. The highest BCUT2D eigenvalue weighted by atomic mass is 19.1. The SMILES string of the molecule is Cc1cc(=O)c(C(=O)NCc2ccc(Oc3ccc(F)cc3)nc2)nn1-c1ccccc1F. The van der Waals surface area contributed by atoms with Gasteiger partial charge in [0.1, 0.15) is 23.1 Å². The van der Waals surface area contributed by atoms with E-state index < -0.39 is 17.2 Å². The third-order valence-electron chi connectivity index (χ3n) is 4.69. The standard InChI is InChI=1S/C24H18F2N4O3/c1-15-12-21(31)23(29-30(15)20-5-3-2-4-19(20)26)24(32)28-14-16-6-11-22(27-13-16)33-18-9-7-17(25)8-10-18/h2-13H,14H2,1H3,(H,28,32). The number of para-hydroxylation sites is 1. The number of rotatable bonds is 6. The number of amides is 1. The first-order valence-electron chi connectivity index (χ1n) is 9.93. The highest BCUT2D eigenvalue weighted by Crippen LogP contribution is 2.19. The fourth-order valence-corrected chi connectivity index (χ4v) is 3.04. The normalized spacial score (nSPS) is 10.6. The lowest BCUT2D eigenvalue weighted by molar-refractivity contribution is 0.0943. The van der Waals surface area contributed by atoms with Crippen LogP contribution in [0.25, 0.3) is 5.69 Å². The van der Waals surface area contributed by atoms with Gasteiger partial charge in [-0.3, -0.25) is 9.59 Å². The second-order valence-electron chi connectivity index (χ2n) is 7.11. The van der Waals surface area contributed by atoms with E-state index in [0.29, 0.717) is 22.9 Å². The highest BCUT2D eigenvalue weighted by Gasteiger charge is 2.16. The van der Waals surface area contributed by atoms with Gasteiger partial charge in [0.15, 0.2) is 5.69 Å². The van der Waals surface area contributed by atoms with E-state index in [1.54, 1.807) is 25.1 Å². The zero-order valence-electron chi connectivity index (χ0n) is 17.5. The lowest BCUT2D eigenvalue weighted by Gasteiger charge is -2.12. The van der Waals surface area contributed by atoms with Gasteiger partial charge in [-0.1, -0.05) is 18.2 Å². The molecule has 0 radical (unpaired) electrons. The minimum absolute atomic E-state index is 0.0807. The zero-order chi connectivity index (χ0) is 23.4. The van der Waals surface area contributed by atoms with E-state index in [-0.39, 0.29) is 23.7 Å². The molecule has 0 bridgehead atoms. The fraction of sp³-hybridized carbons (Fsp3) is 0.0833. The number of benzene rings is 2. The number of pyridine rings is 1. The van der Waals surface area contributed by atoms with E-state index in [9.17, 15) is 18.4 Å². The van der Waals surface area contributed by atoms with E-state index in [4.69, 9.17) is 4.74 Å². The zero-order valence-corrected chi connectivity index (χ0v) is 17.5. The molecule has 4 rings (SSSR count). The van der Waals surface area contributed by atoms with E-state index in [1.807, 2.05) is 0 Å². The third-order valence-corrected chi connectivity index (χ3v) is 4.69. The van der Waals surface area contributed by atoms with Crippen molar-refractivity contribution in [3.8, 4) is 17.3 Å². The average Bonchev–Trinajstić information content (AvgIpc) is 2.81. The predicted molar refractivity (Wildman–Crippen MR) is 116 cm³/mol. The number of hydrogen-bond donors (Lipinski definition) is 1. The summed E-state index contributed by atoms with van der Waals surface area (Å²) in [6, 6.07) is 16.0. The molecule has 2 heterocycles. The first kappa shape index (κ1) is 21.8. The van der Waals surface area contributed by atoms with Crippen LogP contribution in [0.3, 0.4) is 0 Å². The molecular formula is C24H18F2N4O3. The molecule has 0 saturated carbocycles. The Morgan fingerprint density at radius 2 is 1.82 bits per heavy atom. The van der Waals surface area contributed by atoms with Gasteiger partial charge < -0.3 is 10.1 Å². The van der Waals surface area contributed by atoms with Gasteiger partial charge in [0.2, 0.25) is 11.3 Å². The topological polar surface area (TPSA) is 86.1 Å². The molecule has 0 aliphatic rings. The largest absolute Gasteiger partial charge is 0.439 e. The molecule has 7 nitrogen and oxygen atoms in total. The summed E-state index contributed by atoms with van der Waals surface area (Å²) < 4.78 is 33.9. The molecule has 0 aliphatic carbocycles. The van der Waals surface area contributed by atoms with Crippen molar-refractivity contribution in [2.24, 2.45) is 0 Å². The molecule has 1 N–H and O–H groups in total. The van der Waals surface area contributed by atoms with E-state index >= 15 is 0 Å². The van der Waals surface area contributed by atoms with Crippen LogP contribution in [0, 0.1) is 18.6 Å². The number of aromatic nitrogens is 3. The van der Waals surface area contributed by atoms with Crippen molar-refractivity contribution in [1.29, 1.82) is 0 Å². The minimum atomic E-state index is -0.697. The van der Waals surface area contributed by atoms with Crippen LogP contribution in [0.4, 0.5) is 8.78 Å². The first-order valence-corrected chi connectivity index (χ1v) is 9.93. The van der Waals surface area contributed by atoms with Crippen molar-refractivity contribution in [3.05, 3.63) is 112 Å². The molecule has 166 valence electrons. The average molecular weight is 448 g/mol. The summed E-state index contributed by atoms with van der Waals surface area (Å²) in [7, 11) is 0. The molecule has 0 unspecified atom stereocenters. The lowest BCUT2D eigenvalue weighted by Crippen LogP contribution is -2.31. The number of halogens is 2. The van der Waals surface area contributed by atoms with Crippen molar-refractivity contribution < 1.29 is 18.3 Å². The van der Waals surface area contributed by atoms with Crippen LogP contribution in [-0.4, -0.2) is 20.7 Å². The molecule has 0 saturated heterocycles. The van der Waals surface area contributed by atoms with Crippen LogP contribution >= 0.6 is 0 Å². The maximum atomic E-state index is 14.2. The second kappa shape index (κ2) is 9.39. The van der Waals surface area contributed by atoms with Gasteiger partial charge >= 0.3 is 0 Å². The summed E-state index contributed by atoms with van der Waals surface area (Å²) in [5.41, 5.74) is 0.246. The maximum absolute atomic E-state index is 14.2. The Hall–Kier alpha value is -4.40. The Balaban J connectivity index is 1.45. The molecular weight excluding hydrogens is 430 g/mol. The fourth-order valence-electron chi connectivity index (χ4n) is 3.04. The Labute approximate surface area is 187 Å². The quantitative estimate of drug-likeness (QED) is 0.483. The summed E-state index contributed by atoms with van der Waals surface area (Å²) >= 11 is 0. The van der Waals surface area contributed by atoms with Crippen LogP contribution in [0.2, 0.25) is 0 Å². The molecule has 33 heavy (non-hydrogen) atoms. The van der Waals surface area contributed by atoms with Gasteiger partial charge in [0, 0.05) is 30.6 Å². The molecule has 2 aromatic carbocycles. The Morgan fingerprint density at radius 3 is 2.52 bits per heavy atom. The summed E-state index contributed by atoms with van der Waals surface area (Å²) in [6.07, 6.45) is 1.50. The van der Waals surface area contributed by atoms with E-state index in [0.717, 1.165) is 0 Å².